The van der Waals surface area contributed by atoms with Crippen molar-refractivity contribution < 1.29 is 18.0 Å². The number of carbonyl (C=O) groups excluding carboxylic acids is 1. The monoisotopic (exact) mass is 312 g/mol. The number of thioether (sulfide) groups is 1. The summed E-state index contributed by atoms with van der Waals surface area (Å²) in [5.41, 5.74) is 5.46. The molecular weight excluding hydrogens is 301 g/mol. The van der Waals surface area contributed by atoms with Crippen LogP contribution in [0.5, 0.6) is 0 Å². The number of halogens is 3. The van der Waals surface area contributed by atoms with Gasteiger partial charge in [0.05, 0.1) is 5.75 Å². The van der Waals surface area contributed by atoms with E-state index in [1.54, 1.807) is 0 Å². The Morgan fingerprint density at radius 1 is 1.14 bits per heavy atom. The number of nitrogens with two attached hydrogens (primary N) is 1. The van der Waals surface area contributed by atoms with Gasteiger partial charge in [0.2, 0.25) is 5.91 Å². The van der Waals surface area contributed by atoms with Crippen molar-refractivity contribution in [1.82, 2.24) is 0 Å². The lowest BCUT2D eigenvalue weighted by Gasteiger charge is -2.08. The third kappa shape index (κ3) is 3.91. The van der Waals surface area contributed by atoms with Crippen molar-refractivity contribution >= 4 is 29.0 Å². The number of amides is 1. The maximum Gasteiger partial charge on any atom is 0.234 e. The summed E-state index contributed by atoms with van der Waals surface area (Å²) in [6.45, 7) is 0. The molecule has 0 heterocycles. The first kappa shape index (κ1) is 15.2. The first-order chi connectivity index (χ1) is 9.97. The number of para-hydroxylation sites is 1. The minimum absolute atomic E-state index is 0.151. The molecule has 0 aliphatic carbocycles. The SMILES string of the molecule is Nc1ccc(F)cc1SCC(=O)Nc1c(F)cccc1F. The van der Waals surface area contributed by atoms with Crippen molar-refractivity contribution in [3.8, 4) is 0 Å². The molecule has 0 saturated heterocycles. The normalized spacial score (nSPS) is 10.4. The molecule has 0 atom stereocenters. The molecule has 7 heteroatoms. The summed E-state index contributed by atoms with van der Waals surface area (Å²) in [5.74, 6) is -2.97. The summed E-state index contributed by atoms with van der Waals surface area (Å²) in [4.78, 5) is 12.1. The maximum absolute atomic E-state index is 13.4. The van der Waals surface area contributed by atoms with Gasteiger partial charge in [-0.1, -0.05) is 6.07 Å². The second-order valence-electron chi connectivity index (χ2n) is 4.12. The molecule has 2 aromatic rings. The molecule has 3 N–H and O–H groups in total. The molecule has 2 rings (SSSR count). The van der Waals surface area contributed by atoms with Crippen molar-refractivity contribution in [3.63, 3.8) is 0 Å². The number of rotatable bonds is 4. The van der Waals surface area contributed by atoms with Crippen molar-refractivity contribution in [1.29, 1.82) is 0 Å². The predicted octanol–water partition coefficient (Wildman–Crippen LogP) is 3.42. The van der Waals surface area contributed by atoms with Crippen LogP contribution >= 0.6 is 11.8 Å². The number of benzene rings is 2. The molecule has 2 aromatic carbocycles. The van der Waals surface area contributed by atoms with Crippen LogP contribution in [0.1, 0.15) is 0 Å². The van der Waals surface area contributed by atoms with Gasteiger partial charge in [0.25, 0.3) is 0 Å². The Kier molecular flexibility index (Phi) is 4.74. The van der Waals surface area contributed by atoms with Crippen LogP contribution < -0.4 is 11.1 Å². The molecule has 0 spiro atoms. The lowest BCUT2D eigenvalue weighted by Crippen LogP contribution is -2.16. The molecule has 0 radical (unpaired) electrons. The quantitative estimate of drug-likeness (QED) is 0.672. The number of nitrogens with one attached hydrogen (secondary N) is 1. The third-order valence-corrected chi connectivity index (χ3v) is 3.63. The molecule has 0 aromatic heterocycles. The summed E-state index contributed by atoms with van der Waals surface area (Å²) in [6, 6.07) is 7.05. The van der Waals surface area contributed by atoms with Gasteiger partial charge in [-0.3, -0.25) is 4.79 Å². The fourth-order valence-corrected chi connectivity index (χ4v) is 2.36. The van der Waals surface area contributed by atoms with E-state index in [1.165, 1.54) is 24.3 Å². The zero-order valence-corrected chi connectivity index (χ0v) is 11.5. The predicted molar refractivity (Wildman–Crippen MR) is 76.5 cm³/mol. The van der Waals surface area contributed by atoms with E-state index in [4.69, 9.17) is 5.73 Å². The zero-order valence-electron chi connectivity index (χ0n) is 10.7. The molecule has 21 heavy (non-hydrogen) atoms. The van der Waals surface area contributed by atoms with Gasteiger partial charge in [-0.15, -0.1) is 11.8 Å². The van der Waals surface area contributed by atoms with Gasteiger partial charge in [0.1, 0.15) is 23.1 Å². The van der Waals surface area contributed by atoms with E-state index in [1.807, 2.05) is 0 Å². The molecule has 0 aliphatic heterocycles. The molecule has 3 nitrogen and oxygen atoms in total. The third-order valence-electron chi connectivity index (χ3n) is 2.56. The Balaban J connectivity index is 2.01. The van der Waals surface area contributed by atoms with E-state index in [2.05, 4.69) is 5.32 Å². The Hall–Kier alpha value is -2.15. The standard InChI is InChI=1S/C14H11F3N2OS/c15-8-4-5-11(18)12(6-8)21-7-13(20)19-14-9(16)2-1-3-10(14)17/h1-6H,7,18H2,(H,19,20). The van der Waals surface area contributed by atoms with E-state index in [0.717, 1.165) is 23.9 Å². The second-order valence-corrected chi connectivity index (χ2v) is 5.13. The molecule has 0 saturated carbocycles. The van der Waals surface area contributed by atoms with Gasteiger partial charge in [-0.25, -0.2) is 13.2 Å². The Morgan fingerprint density at radius 2 is 1.81 bits per heavy atom. The molecular formula is C14H11F3N2OS. The molecule has 0 aliphatic rings. The van der Waals surface area contributed by atoms with Gasteiger partial charge in [-0.2, -0.15) is 0 Å². The van der Waals surface area contributed by atoms with Crippen LogP contribution in [-0.2, 0) is 4.79 Å². The van der Waals surface area contributed by atoms with Crippen molar-refractivity contribution in [3.05, 3.63) is 53.8 Å². The first-order valence-corrected chi connectivity index (χ1v) is 6.87. The average molecular weight is 312 g/mol. The Labute approximate surface area is 123 Å². The van der Waals surface area contributed by atoms with Gasteiger partial charge in [0, 0.05) is 10.6 Å². The van der Waals surface area contributed by atoms with E-state index in [0.29, 0.717) is 10.6 Å². The summed E-state index contributed by atoms with van der Waals surface area (Å²) in [7, 11) is 0. The van der Waals surface area contributed by atoms with Crippen LogP contribution in [0.15, 0.2) is 41.3 Å². The minimum atomic E-state index is -0.862. The number of nitrogen functional groups attached to an aromatic ring is 1. The van der Waals surface area contributed by atoms with Crippen molar-refractivity contribution in [2.45, 2.75) is 4.90 Å². The molecule has 0 fully saturated rings. The summed E-state index contributed by atoms with van der Waals surface area (Å²) in [5, 5.41) is 2.14. The van der Waals surface area contributed by atoms with Crippen LogP contribution in [-0.4, -0.2) is 11.7 Å². The van der Waals surface area contributed by atoms with Crippen molar-refractivity contribution in [2.24, 2.45) is 0 Å². The van der Waals surface area contributed by atoms with Gasteiger partial charge < -0.3 is 11.1 Å². The fourth-order valence-electron chi connectivity index (χ4n) is 1.57. The number of carbonyl (C=O) groups is 1. The van der Waals surface area contributed by atoms with Crippen LogP contribution in [0, 0.1) is 17.5 Å². The maximum atomic E-state index is 13.4. The topological polar surface area (TPSA) is 55.1 Å². The highest BCUT2D eigenvalue weighted by atomic mass is 32.2. The largest absolute Gasteiger partial charge is 0.398 e. The van der Waals surface area contributed by atoms with Crippen LogP contribution in [0.25, 0.3) is 0 Å². The zero-order chi connectivity index (χ0) is 15.4. The number of hydrogen-bond acceptors (Lipinski definition) is 3. The van der Waals surface area contributed by atoms with Crippen LogP contribution in [0.4, 0.5) is 24.5 Å². The summed E-state index contributed by atoms with van der Waals surface area (Å²) >= 11 is 0.978. The second kappa shape index (κ2) is 6.53. The highest BCUT2D eigenvalue weighted by molar-refractivity contribution is 8.00. The van der Waals surface area contributed by atoms with E-state index < -0.39 is 29.0 Å². The molecule has 0 bridgehead atoms. The average Bonchev–Trinajstić information content (AvgIpc) is 2.44. The van der Waals surface area contributed by atoms with E-state index in [9.17, 15) is 18.0 Å². The summed E-state index contributed by atoms with van der Waals surface area (Å²) < 4.78 is 39.8. The molecule has 0 unspecified atom stereocenters. The smallest absolute Gasteiger partial charge is 0.234 e. The highest BCUT2D eigenvalue weighted by Crippen LogP contribution is 2.26. The number of anilines is 2. The van der Waals surface area contributed by atoms with E-state index in [-0.39, 0.29) is 5.75 Å². The lowest BCUT2D eigenvalue weighted by molar-refractivity contribution is -0.113. The first-order valence-electron chi connectivity index (χ1n) is 5.89. The Morgan fingerprint density at radius 3 is 2.48 bits per heavy atom. The molecule has 110 valence electrons. The Bertz CT molecular complexity index is 659. The van der Waals surface area contributed by atoms with Crippen molar-refractivity contribution in [2.75, 3.05) is 16.8 Å². The van der Waals surface area contributed by atoms with Gasteiger partial charge >= 0.3 is 0 Å². The van der Waals surface area contributed by atoms with Crippen LogP contribution in [0.3, 0.4) is 0 Å². The van der Waals surface area contributed by atoms with E-state index >= 15 is 0 Å². The van der Waals surface area contributed by atoms with Gasteiger partial charge in [0.15, 0.2) is 0 Å². The fraction of sp³-hybridized carbons (Fsp3) is 0.0714. The van der Waals surface area contributed by atoms with Gasteiger partial charge in [-0.05, 0) is 30.3 Å². The highest BCUT2D eigenvalue weighted by Gasteiger charge is 2.12. The summed E-state index contributed by atoms with van der Waals surface area (Å²) in [6.07, 6.45) is 0. The molecule has 1 amide bonds. The number of hydrogen-bond donors (Lipinski definition) is 2. The van der Waals surface area contributed by atoms with Crippen LogP contribution in [0.2, 0.25) is 0 Å². The minimum Gasteiger partial charge on any atom is -0.398 e. The lowest BCUT2D eigenvalue weighted by atomic mass is 10.3.